The minimum absolute atomic E-state index is 0.149. The second-order valence-electron chi connectivity index (χ2n) is 5.80. The number of esters is 1. The summed E-state index contributed by atoms with van der Waals surface area (Å²) in [7, 11) is 0. The minimum atomic E-state index is -0.149. The molecule has 0 N–H and O–H groups in total. The Morgan fingerprint density at radius 1 is 1.20 bits per heavy atom. The maximum Gasteiger partial charge on any atom is 0.311 e. The molecule has 0 unspecified atom stereocenters. The Morgan fingerprint density at radius 3 is 2.60 bits per heavy atom. The van der Waals surface area contributed by atoms with Gasteiger partial charge in [-0.15, -0.1) is 0 Å². The Kier molecular flexibility index (Phi) is 4.29. The van der Waals surface area contributed by atoms with E-state index in [9.17, 15) is 4.79 Å². The number of benzene rings is 1. The van der Waals surface area contributed by atoms with Crippen molar-refractivity contribution in [3.05, 3.63) is 22.7 Å². The zero-order valence-electron chi connectivity index (χ0n) is 11.4. The minimum Gasteiger partial charge on any atom is -0.493 e. The predicted molar refractivity (Wildman–Crippen MR) is 80.0 cm³/mol. The van der Waals surface area contributed by atoms with E-state index in [-0.39, 0.29) is 5.97 Å². The van der Waals surface area contributed by atoms with Gasteiger partial charge in [-0.2, -0.15) is 0 Å². The zero-order chi connectivity index (χ0) is 13.9. The van der Waals surface area contributed by atoms with E-state index in [2.05, 4.69) is 15.9 Å². The van der Waals surface area contributed by atoms with E-state index in [1.165, 1.54) is 25.7 Å². The molecule has 0 saturated heterocycles. The quantitative estimate of drug-likeness (QED) is 0.548. The maximum absolute atomic E-state index is 11.7. The number of rotatable bonds is 7. The van der Waals surface area contributed by atoms with Crippen molar-refractivity contribution in [2.24, 2.45) is 11.8 Å². The van der Waals surface area contributed by atoms with Crippen molar-refractivity contribution in [2.45, 2.75) is 38.5 Å². The molecule has 3 nitrogen and oxygen atoms in total. The van der Waals surface area contributed by atoms with Gasteiger partial charge in [0.05, 0.1) is 11.1 Å². The first-order valence-electron chi connectivity index (χ1n) is 7.34. The lowest BCUT2D eigenvalue weighted by Gasteiger charge is -2.09. The summed E-state index contributed by atoms with van der Waals surface area (Å²) in [6.07, 6.45) is 6.56. The van der Waals surface area contributed by atoms with Gasteiger partial charge in [-0.3, -0.25) is 4.79 Å². The van der Waals surface area contributed by atoms with Crippen LogP contribution in [0.3, 0.4) is 0 Å². The topological polar surface area (TPSA) is 35.5 Å². The number of hydrogen-bond acceptors (Lipinski definition) is 3. The number of ether oxygens (including phenoxy) is 2. The number of carbonyl (C=O) groups is 1. The van der Waals surface area contributed by atoms with Gasteiger partial charge < -0.3 is 9.47 Å². The molecule has 1 aromatic rings. The molecule has 0 heterocycles. The van der Waals surface area contributed by atoms with E-state index >= 15 is 0 Å². The maximum atomic E-state index is 11.7. The monoisotopic (exact) mass is 338 g/mol. The third kappa shape index (κ3) is 4.23. The van der Waals surface area contributed by atoms with Crippen molar-refractivity contribution in [1.29, 1.82) is 0 Å². The van der Waals surface area contributed by atoms with Gasteiger partial charge in [-0.25, -0.2) is 0 Å². The standard InChI is InChI=1S/C16H19BrO3/c17-14-9-13(19-10-12-3-4-12)6-7-15(14)20-16(18)8-5-11-1-2-11/h6-7,9,11-12H,1-5,8,10H2. The molecular formula is C16H19BrO3. The first kappa shape index (κ1) is 13.9. The van der Waals surface area contributed by atoms with E-state index in [0.717, 1.165) is 35.1 Å². The van der Waals surface area contributed by atoms with Crippen LogP contribution < -0.4 is 9.47 Å². The van der Waals surface area contributed by atoms with Gasteiger partial charge in [0.25, 0.3) is 0 Å². The van der Waals surface area contributed by atoms with E-state index in [0.29, 0.717) is 12.2 Å². The predicted octanol–water partition coefficient (Wildman–Crippen LogP) is 4.33. The van der Waals surface area contributed by atoms with E-state index < -0.39 is 0 Å². The van der Waals surface area contributed by atoms with Crippen molar-refractivity contribution in [1.82, 2.24) is 0 Å². The molecule has 0 radical (unpaired) electrons. The summed E-state index contributed by atoms with van der Waals surface area (Å²) in [6.45, 7) is 0.785. The van der Waals surface area contributed by atoms with Crippen molar-refractivity contribution in [3.8, 4) is 11.5 Å². The molecular weight excluding hydrogens is 320 g/mol. The molecule has 1 aromatic carbocycles. The fourth-order valence-corrected chi connectivity index (χ4v) is 2.49. The van der Waals surface area contributed by atoms with E-state index in [1.807, 2.05) is 12.1 Å². The Morgan fingerprint density at radius 2 is 1.95 bits per heavy atom. The highest BCUT2D eigenvalue weighted by Gasteiger charge is 2.23. The van der Waals surface area contributed by atoms with Gasteiger partial charge in [0.15, 0.2) is 0 Å². The lowest BCUT2D eigenvalue weighted by molar-refractivity contribution is -0.134. The lowest BCUT2D eigenvalue weighted by Crippen LogP contribution is -2.08. The summed E-state index contributed by atoms with van der Waals surface area (Å²) in [5.41, 5.74) is 0. The highest BCUT2D eigenvalue weighted by atomic mass is 79.9. The van der Waals surface area contributed by atoms with E-state index in [4.69, 9.17) is 9.47 Å². The van der Waals surface area contributed by atoms with Gasteiger partial charge in [-0.05, 0) is 65.2 Å². The van der Waals surface area contributed by atoms with Crippen molar-refractivity contribution in [3.63, 3.8) is 0 Å². The summed E-state index contributed by atoms with van der Waals surface area (Å²) in [6, 6.07) is 5.52. The number of halogens is 1. The molecule has 2 saturated carbocycles. The Labute approximate surface area is 127 Å². The van der Waals surface area contributed by atoms with Crippen LogP contribution in [0, 0.1) is 11.8 Å². The summed E-state index contributed by atoms with van der Waals surface area (Å²) in [5.74, 6) is 2.73. The summed E-state index contributed by atoms with van der Waals surface area (Å²) < 4.78 is 11.8. The van der Waals surface area contributed by atoms with Crippen LogP contribution in [0.5, 0.6) is 11.5 Å². The zero-order valence-corrected chi connectivity index (χ0v) is 13.0. The normalized spacial score (nSPS) is 17.9. The van der Waals surface area contributed by atoms with Crippen LogP contribution in [-0.4, -0.2) is 12.6 Å². The van der Waals surface area contributed by atoms with Gasteiger partial charge in [0.1, 0.15) is 11.5 Å². The molecule has 0 amide bonds. The second-order valence-corrected chi connectivity index (χ2v) is 6.66. The van der Waals surface area contributed by atoms with Crippen LogP contribution in [0.1, 0.15) is 38.5 Å². The number of carbonyl (C=O) groups excluding carboxylic acids is 1. The van der Waals surface area contributed by atoms with Crippen LogP contribution >= 0.6 is 15.9 Å². The average molecular weight is 339 g/mol. The van der Waals surface area contributed by atoms with Crippen molar-refractivity contribution < 1.29 is 14.3 Å². The van der Waals surface area contributed by atoms with Crippen LogP contribution in [0.15, 0.2) is 22.7 Å². The van der Waals surface area contributed by atoms with Crippen LogP contribution in [0.2, 0.25) is 0 Å². The van der Waals surface area contributed by atoms with Crippen LogP contribution in [0.4, 0.5) is 0 Å². The second kappa shape index (κ2) is 6.17. The van der Waals surface area contributed by atoms with Crippen LogP contribution in [0.25, 0.3) is 0 Å². The highest BCUT2D eigenvalue weighted by Crippen LogP contribution is 2.35. The molecule has 2 aliphatic carbocycles. The summed E-state index contributed by atoms with van der Waals surface area (Å²) in [4.78, 5) is 11.7. The Hall–Kier alpha value is -1.03. The molecule has 20 heavy (non-hydrogen) atoms. The molecule has 0 aliphatic heterocycles. The Bertz CT molecular complexity index is 492. The Balaban J connectivity index is 1.50. The van der Waals surface area contributed by atoms with E-state index in [1.54, 1.807) is 6.07 Å². The van der Waals surface area contributed by atoms with Gasteiger partial charge >= 0.3 is 5.97 Å². The highest BCUT2D eigenvalue weighted by molar-refractivity contribution is 9.10. The molecule has 4 heteroatoms. The first-order valence-corrected chi connectivity index (χ1v) is 8.13. The summed E-state index contributed by atoms with van der Waals surface area (Å²) >= 11 is 3.43. The van der Waals surface area contributed by atoms with Crippen molar-refractivity contribution >= 4 is 21.9 Å². The summed E-state index contributed by atoms with van der Waals surface area (Å²) in [5, 5.41) is 0. The molecule has 0 spiro atoms. The third-order valence-electron chi connectivity index (χ3n) is 3.76. The first-order chi connectivity index (χ1) is 9.70. The molecule has 3 rings (SSSR count). The molecule has 2 fully saturated rings. The third-order valence-corrected chi connectivity index (χ3v) is 4.38. The average Bonchev–Trinajstić information content (AvgIpc) is 3.30. The molecule has 0 atom stereocenters. The fraction of sp³-hybridized carbons (Fsp3) is 0.562. The molecule has 0 bridgehead atoms. The van der Waals surface area contributed by atoms with Crippen molar-refractivity contribution in [2.75, 3.05) is 6.61 Å². The molecule has 0 aromatic heterocycles. The molecule has 2 aliphatic rings. The smallest absolute Gasteiger partial charge is 0.311 e. The number of hydrogen-bond donors (Lipinski definition) is 0. The van der Waals surface area contributed by atoms with Gasteiger partial charge in [-0.1, -0.05) is 12.8 Å². The van der Waals surface area contributed by atoms with Gasteiger partial charge in [0, 0.05) is 6.42 Å². The molecule has 108 valence electrons. The lowest BCUT2D eigenvalue weighted by atomic mass is 10.2. The van der Waals surface area contributed by atoms with Gasteiger partial charge in [0.2, 0.25) is 0 Å². The largest absolute Gasteiger partial charge is 0.493 e. The fourth-order valence-electron chi connectivity index (χ4n) is 2.05. The van der Waals surface area contributed by atoms with Crippen LogP contribution in [-0.2, 0) is 4.79 Å². The SMILES string of the molecule is O=C(CCC1CC1)Oc1ccc(OCC2CC2)cc1Br.